The second-order valence-electron chi connectivity index (χ2n) is 5.90. The third-order valence-corrected chi connectivity index (χ3v) is 5.29. The maximum Gasteiger partial charge on any atom is 0.238 e. The summed E-state index contributed by atoms with van der Waals surface area (Å²) < 4.78 is 29.1. The second kappa shape index (κ2) is 7.81. The van der Waals surface area contributed by atoms with Crippen molar-refractivity contribution in [3.05, 3.63) is 47.1 Å². The standard InChI is InChI=1S/C17H17ClN4O3S2/c1-10(2)25-15-4-3-12(27(19,23)24)8-13(15)21-17-22-14(9-26-17)11-5-6-20-16(18)7-11/h3-10H,1-2H3,(H,21,22)(H2,19,23,24). The predicted molar refractivity (Wildman–Crippen MR) is 107 cm³/mol. The minimum atomic E-state index is -3.84. The van der Waals surface area contributed by atoms with E-state index in [2.05, 4.69) is 15.3 Å². The molecule has 0 saturated heterocycles. The fraction of sp³-hybridized carbons (Fsp3) is 0.176. The Balaban J connectivity index is 1.94. The normalized spacial score (nSPS) is 11.6. The molecule has 10 heteroatoms. The van der Waals surface area contributed by atoms with E-state index in [9.17, 15) is 8.42 Å². The second-order valence-corrected chi connectivity index (χ2v) is 8.71. The molecule has 0 radical (unpaired) electrons. The quantitative estimate of drug-likeness (QED) is 0.578. The topological polar surface area (TPSA) is 107 Å². The van der Waals surface area contributed by atoms with Gasteiger partial charge in [-0.1, -0.05) is 11.6 Å². The Kier molecular flexibility index (Phi) is 5.66. The number of benzene rings is 1. The van der Waals surface area contributed by atoms with Crippen LogP contribution in [0, 0.1) is 0 Å². The Labute approximate surface area is 166 Å². The van der Waals surface area contributed by atoms with Crippen molar-refractivity contribution in [1.82, 2.24) is 9.97 Å². The van der Waals surface area contributed by atoms with E-state index in [1.807, 2.05) is 19.2 Å². The van der Waals surface area contributed by atoms with Crippen LogP contribution in [0.4, 0.5) is 10.8 Å². The van der Waals surface area contributed by atoms with Gasteiger partial charge >= 0.3 is 0 Å². The summed E-state index contributed by atoms with van der Waals surface area (Å²) in [5.74, 6) is 0.501. The van der Waals surface area contributed by atoms with Gasteiger partial charge in [0.15, 0.2) is 5.13 Å². The first-order chi connectivity index (χ1) is 12.7. The molecule has 2 heterocycles. The Morgan fingerprint density at radius 1 is 1.26 bits per heavy atom. The van der Waals surface area contributed by atoms with E-state index in [0.29, 0.717) is 21.7 Å². The number of nitrogens with one attached hydrogen (secondary N) is 1. The van der Waals surface area contributed by atoms with Crippen LogP contribution >= 0.6 is 22.9 Å². The van der Waals surface area contributed by atoms with Crippen LogP contribution in [-0.2, 0) is 10.0 Å². The number of primary sulfonamides is 1. The number of sulfonamides is 1. The summed E-state index contributed by atoms with van der Waals surface area (Å²) in [4.78, 5) is 8.45. The number of rotatable bonds is 6. The highest BCUT2D eigenvalue weighted by Gasteiger charge is 2.15. The maximum absolute atomic E-state index is 11.7. The van der Waals surface area contributed by atoms with Gasteiger partial charge in [0.25, 0.3) is 0 Å². The molecule has 0 fully saturated rings. The minimum absolute atomic E-state index is 0.0150. The average Bonchev–Trinajstić information content (AvgIpc) is 3.03. The summed E-state index contributed by atoms with van der Waals surface area (Å²) in [6, 6.07) is 7.93. The van der Waals surface area contributed by atoms with E-state index < -0.39 is 10.0 Å². The van der Waals surface area contributed by atoms with Crippen LogP contribution in [0.2, 0.25) is 5.15 Å². The number of pyridine rings is 1. The lowest BCUT2D eigenvalue weighted by atomic mass is 10.2. The van der Waals surface area contributed by atoms with Crippen molar-refractivity contribution in [2.45, 2.75) is 24.8 Å². The van der Waals surface area contributed by atoms with Crippen LogP contribution < -0.4 is 15.2 Å². The van der Waals surface area contributed by atoms with Crippen molar-refractivity contribution in [3.8, 4) is 17.0 Å². The van der Waals surface area contributed by atoms with Gasteiger partial charge in [0, 0.05) is 17.1 Å². The fourth-order valence-electron chi connectivity index (χ4n) is 2.28. The summed E-state index contributed by atoms with van der Waals surface area (Å²) in [5, 5.41) is 11.2. The molecule has 0 atom stereocenters. The molecular formula is C17H17ClN4O3S2. The SMILES string of the molecule is CC(C)Oc1ccc(S(N)(=O)=O)cc1Nc1nc(-c2ccnc(Cl)c2)cs1. The molecule has 0 spiro atoms. The van der Waals surface area contributed by atoms with Gasteiger partial charge < -0.3 is 10.1 Å². The number of anilines is 2. The van der Waals surface area contributed by atoms with Crippen LogP contribution in [0.1, 0.15) is 13.8 Å². The molecule has 142 valence electrons. The van der Waals surface area contributed by atoms with Crippen LogP contribution in [0.15, 0.2) is 46.8 Å². The van der Waals surface area contributed by atoms with Crippen molar-refractivity contribution >= 4 is 43.8 Å². The molecule has 3 aromatic rings. The van der Waals surface area contributed by atoms with Crippen molar-refractivity contribution in [1.29, 1.82) is 0 Å². The lowest BCUT2D eigenvalue weighted by molar-refractivity contribution is 0.243. The van der Waals surface area contributed by atoms with Gasteiger partial charge in [0.2, 0.25) is 10.0 Å². The van der Waals surface area contributed by atoms with Gasteiger partial charge in [-0.3, -0.25) is 0 Å². The van der Waals surface area contributed by atoms with Gasteiger partial charge in [-0.25, -0.2) is 23.5 Å². The van der Waals surface area contributed by atoms with Crippen molar-refractivity contribution in [3.63, 3.8) is 0 Å². The smallest absolute Gasteiger partial charge is 0.238 e. The molecule has 0 unspecified atom stereocenters. The van der Waals surface area contributed by atoms with E-state index >= 15 is 0 Å². The van der Waals surface area contributed by atoms with Crippen LogP contribution in [0.3, 0.4) is 0 Å². The highest BCUT2D eigenvalue weighted by molar-refractivity contribution is 7.89. The summed E-state index contributed by atoms with van der Waals surface area (Å²) in [7, 11) is -3.84. The first kappa shape index (κ1) is 19.6. The predicted octanol–water partition coefficient (Wildman–Crippen LogP) is 4.04. The molecule has 3 rings (SSSR count). The number of hydrogen-bond acceptors (Lipinski definition) is 7. The summed E-state index contributed by atoms with van der Waals surface area (Å²) in [6.07, 6.45) is 1.52. The van der Waals surface area contributed by atoms with Crippen LogP contribution in [0.25, 0.3) is 11.3 Å². The van der Waals surface area contributed by atoms with E-state index in [4.69, 9.17) is 21.5 Å². The molecule has 27 heavy (non-hydrogen) atoms. The van der Waals surface area contributed by atoms with E-state index in [-0.39, 0.29) is 11.0 Å². The van der Waals surface area contributed by atoms with Gasteiger partial charge in [0.1, 0.15) is 10.9 Å². The first-order valence-corrected chi connectivity index (χ1v) is 10.7. The van der Waals surface area contributed by atoms with Gasteiger partial charge in [-0.15, -0.1) is 11.3 Å². The monoisotopic (exact) mass is 424 g/mol. The summed E-state index contributed by atoms with van der Waals surface area (Å²) >= 11 is 7.29. The van der Waals surface area contributed by atoms with Crippen LogP contribution in [0.5, 0.6) is 5.75 Å². The van der Waals surface area contributed by atoms with E-state index in [1.165, 1.54) is 23.5 Å². The third kappa shape index (κ3) is 4.95. The fourth-order valence-corrected chi connectivity index (χ4v) is 3.73. The highest BCUT2D eigenvalue weighted by atomic mass is 35.5. The molecule has 0 aliphatic rings. The zero-order chi connectivity index (χ0) is 19.6. The molecule has 0 aliphatic heterocycles. The number of nitrogens with two attached hydrogens (primary N) is 1. The molecule has 7 nitrogen and oxygen atoms in total. The molecule has 0 saturated carbocycles. The van der Waals surface area contributed by atoms with Crippen molar-refractivity contribution < 1.29 is 13.2 Å². The van der Waals surface area contributed by atoms with E-state index in [1.54, 1.807) is 24.4 Å². The van der Waals surface area contributed by atoms with Crippen LogP contribution in [-0.4, -0.2) is 24.5 Å². The summed E-state index contributed by atoms with van der Waals surface area (Å²) in [6.45, 7) is 3.76. The van der Waals surface area contributed by atoms with Crippen molar-refractivity contribution in [2.75, 3.05) is 5.32 Å². The average molecular weight is 425 g/mol. The lowest BCUT2D eigenvalue weighted by Gasteiger charge is -2.15. The Hall–Kier alpha value is -2.20. The zero-order valence-electron chi connectivity index (χ0n) is 14.5. The number of aromatic nitrogens is 2. The Morgan fingerprint density at radius 3 is 2.70 bits per heavy atom. The number of hydrogen-bond donors (Lipinski definition) is 2. The number of thiazole rings is 1. The molecular weight excluding hydrogens is 408 g/mol. The van der Waals surface area contributed by atoms with E-state index in [0.717, 1.165) is 11.3 Å². The third-order valence-electron chi connectivity index (χ3n) is 3.41. The molecule has 1 aromatic carbocycles. The molecule has 3 N–H and O–H groups in total. The zero-order valence-corrected chi connectivity index (χ0v) is 16.9. The Bertz CT molecular complexity index is 1070. The first-order valence-electron chi connectivity index (χ1n) is 7.90. The maximum atomic E-state index is 11.7. The number of ether oxygens (including phenoxy) is 1. The Morgan fingerprint density at radius 2 is 2.04 bits per heavy atom. The molecule has 0 bridgehead atoms. The number of halogens is 1. The molecule has 0 aliphatic carbocycles. The van der Waals surface area contributed by atoms with Gasteiger partial charge in [0.05, 0.1) is 22.4 Å². The minimum Gasteiger partial charge on any atom is -0.489 e. The highest BCUT2D eigenvalue weighted by Crippen LogP contribution is 2.33. The largest absolute Gasteiger partial charge is 0.489 e. The lowest BCUT2D eigenvalue weighted by Crippen LogP contribution is -2.13. The van der Waals surface area contributed by atoms with Crippen molar-refractivity contribution in [2.24, 2.45) is 5.14 Å². The van der Waals surface area contributed by atoms with Gasteiger partial charge in [-0.05, 0) is 44.2 Å². The molecule has 0 amide bonds. The molecule has 2 aromatic heterocycles. The van der Waals surface area contributed by atoms with Gasteiger partial charge in [-0.2, -0.15) is 0 Å². The summed E-state index contributed by atoms with van der Waals surface area (Å²) in [5.41, 5.74) is 2.01. The number of nitrogens with zero attached hydrogens (tertiary/aromatic N) is 2.